The lowest BCUT2D eigenvalue weighted by molar-refractivity contribution is -0.117. The first-order valence-electron chi connectivity index (χ1n) is 16.9. The smallest absolute Gasteiger partial charge is 0.225 e. The summed E-state index contributed by atoms with van der Waals surface area (Å²) in [6.45, 7) is 9.38. The predicted molar refractivity (Wildman–Crippen MR) is 197 cm³/mol. The summed E-state index contributed by atoms with van der Waals surface area (Å²) in [6.07, 6.45) is 3.03. The number of rotatable bonds is 12. The fourth-order valence-electron chi connectivity index (χ4n) is 6.06. The maximum atomic E-state index is 12.6. The van der Waals surface area contributed by atoms with E-state index in [2.05, 4.69) is 73.7 Å². The van der Waals surface area contributed by atoms with Gasteiger partial charge in [0, 0.05) is 106 Å². The van der Waals surface area contributed by atoms with Gasteiger partial charge >= 0.3 is 0 Å². The number of hydrogen-bond donors (Lipinski definition) is 4. The molecule has 2 fully saturated rings. The second kappa shape index (κ2) is 16.9. The zero-order valence-electron chi connectivity index (χ0n) is 27.6. The first-order valence-corrected chi connectivity index (χ1v) is 18.1. The third-order valence-electron chi connectivity index (χ3n) is 8.91. The first-order chi connectivity index (χ1) is 23.5. The van der Waals surface area contributed by atoms with E-state index in [9.17, 15) is 9.59 Å². The van der Waals surface area contributed by atoms with Gasteiger partial charge in [0.1, 0.15) is 0 Å². The number of piperazine rings is 2. The molecule has 0 atom stereocenters. The van der Waals surface area contributed by atoms with E-state index in [1.807, 2.05) is 48.5 Å². The fourth-order valence-corrected chi connectivity index (χ4v) is 6.47. The Morgan fingerprint density at radius 1 is 0.625 bits per heavy atom. The quantitative estimate of drug-likeness (QED) is 0.152. The number of carbonyl (C=O) groups excluding carboxylic acids is 2. The Balaban J connectivity index is 1.16. The van der Waals surface area contributed by atoms with Gasteiger partial charge in [0.2, 0.25) is 11.8 Å². The summed E-state index contributed by atoms with van der Waals surface area (Å²) in [7, 11) is 0. The molecule has 1 aromatic heterocycles. The minimum Gasteiger partial charge on any atom is -0.326 e. The van der Waals surface area contributed by atoms with Crippen molar-refractivity contribution in [2.75, 3.05) is 82.3 Å². The van der Waals surface area contributed by atoms with E-state index in [4.69, 9.17) is 4.98 Å². The van der Waals surface area contributed by atoms with Crippen molar-refractivity contribution in [2.45, 2.75) is 17.7 Å². The molecule has 48 heavy (non-hydrogen) atoms. The number of pyridine rings is 1. The highest BCUT2D eigenvalue weighted by atomic mass is 32.2. The van der Waals surface area contributed by atoms with Crippen LogP contribution in [0.5, 0.6) is 0 Å². The molecule has 0 unspecified atom stereocenters. The van der Waals surface area contributed by atoms with Crippen LogP contribution in [0.25, 0.3) is 33.6 Å². The lowest BCUT2D eigenvalue weighted by Gasteiger charge is -2.26. The van der Waals surface area contributed by atoms with Crippen LogP contribution in [-0.2, 0) is 9.59 Å². The molecule has 0 bridgehead atoms. The Kier molecular flexibility index (Phi) is 11.9. The maximum Gasteiger partial charge on any atom is 0.225 e. The number of aromatic nitrogens is 1. The number of anilines is 2. The van der Waals surface area contributed by atoms with Gasteiger partial charge < -0.3 is 31.1 Å². The number of nitrogens with one attached hydrogen (secondary N) is 4. The maximum absolute atomic E-state index is 12.6. The van der Waals surface area contributed by atoms with Crippen molar-refractivity contribution < 1.29 is 9.59 Å². The number of amides is 2. The third kappa shape index (κ3) is 9.52. The van der Waals surface area contributed by atoms with Crippen LogP contribution < -0.4 is 21.3 Å². The number of carbonyl (C=O) groups is 2. The molecule has 0 saturated carbocycles. The predicted octanol–water partition coefficient (Wildman–Crippen LogP) is 5.27. The van der Waals surface area contributed by atoms with Gasteiger partial charge in [-0.1, -0.05) is 36.4 Å². The summed E-state index contributed by atoms with van der Waals surface area (Å²) >= 11 is 1.72. The van der Waals surface area contributed by atoms with Crippen LogP contribution in [0.4, 0.5) is 11.4 Å². The van der Waals surface area contributed by atoms with Crippen molar-refractivity contribution in [3.8, 4) is 33.6 Å². The molecule has 2 saturated heterocycles. The molecule has 3 aromatic carbocycles. The van der Waals surface area contributed by atoms with E-state index in [1.54, 1.807) is 11.8 Å². The number of thioether (sulfide) groups is 1. The highest BCUT2D eigenvalue weighted by Gasteiger charge is 2.14. The van der Waals surface area contributed by atoms with Crippen LogP contribution in [0, 0.1) is 0 Å². The van der Waals surface area contributed by atoms with Gasteiger partial charge in [-0.25, -0.2) is 4.98 Å². The Labute approximate surface area is 287 Å². The molecule has 0 spiro atoms. The van der Waals surface area contributed by atoms with Crippen LogP contribution in [0.15, 0.2) is 89.8 Å². The largest absolute Gasteiger partial charge is 0.326 e. The van der Waals surface area contributed by atoms with Gasteiger partial charge in [-0.15, -0.1) is 11.8 Å². The van der Waals surface area contributed by atoms with Crippen LogP contribution in [0.2, 0.25) is 0 Å². The minimum absolute atomic E-state index is 0.0246. The van der Waals surface area contributed by atoms with E-state index in [0.717, 1.165) is 110 Å². The van der Waals surface area contributed by atoms with Crippen LogP contribution in [0.3, 0.4) is 0 Å². The van der Waals surface area contributed by atoms with Crippen molar-refractivity contribution in [2.24, 2.45) is 0 Å². The van der Waals surface area contributed by atoms with E-state index < -0.39 is 0 Å². The molecular formula is C38H45N7O2S. The summed E-state index contributed by atoms with van der Waals surface area (Å²) in [5, 5.41) is 12.8. The molecule has 0 aliphatic carbocycles. The lowest BCUT2D eigenvalue weighted by Crippen LogP contribution is -2.44. The van der Waals surface area contributed by atoms with E-state index in [-0.39, 0.29) is 11.8 Å². The summed E-state index contributed by atoms with van der Waals surface area (Å²) in [5.74, 6) is 0.0492. The van der Waals surface area contributed by atoms with Gasteiger partial charge in [0.05, 0.1) is 11.4 Å². The summed E-state index contributed by atoms with van der Waals surface area (Å²) in [6, 6.07) is 28.6. The standard InChI is InChI=1S/C38H45N7O2S/c1-48-34-12-6-28(7-13-34)31-26-35(29-2-8-32(9-3-29)41-37(46)14-20-44-22-16-39-17-23-44)43-36(27-31)30-4-10-33(11-5-30)42-38(47)15-21-45-24-18-40-19-25-45/h2-13,26-27,39-40H,14-25H2,1H3,(H,41,46)(H,42,47). The topological polar surface area (TPSA) is 102 Å². The van der Waals surface area contributed by atoms with Gasteiger partial charge in [0.25, 0.3) is 0 Å². The number of benzene rings is 3. The fraction of sp³-hybridized carbons (Fsp3) is 0.342. The van der Waals surface area contributed by atoms with Crippen LogP contribution in [-0.4, -0.2) is 98.3 Å². The van der Waals surface area contributed by atoms with Crippen molar-refractivity contribution in [1.29, 1.82) is 0 Å². The van der Waals surface area contributed by atoms with Gasteiger partial charge in [-0.2, -0.15) is 0 Å². The Morgan fingerprint density at radius 3 is 1.46 bits per heavy atom. The second-order valence-corrected chi connectivity index (χ2v) is 13.2. The highest BCUT2D eigenvalue weighted by Crippen LogP contribution is 2.32. The average molecular weight is 664 g/mol. The Bertz CT molecular complexity index is 1550. The molecule has 4 N–H and O–H groups in total. The SMILES string of the molecule is CSc1ccc(-c2cc(-c3ccc(NC(=O)CCN4CCNCC4)cc3)nc(-c3ccc(NC(=O)CCN4CCNCC4)cc3)c2)cc1. The summed E-state index contributed by atoms with van der Waals surface area (Å²) in [4.78, 5) is 36.2. The molecule has 2 aliphatic rings. The molecule has 2 amide bonds. The normalized spacial score (nSPS) is 15.6. The van der Waals surface area contributed by atoms with Crippen molar-refractivity contribution in [3.63, 3.8) is 0 Å². The van der Waals surface area contributed by atoms with Gasteiger partial charge in [-0.05, 0) is 65.9 Å². The van der Waals surface area contributed by atoms with Crippen molar-refractivity contribution in [3.05, 3.63) is 84.9 Å². The summed E-state index contributed by atoms with van der Waals surface area (Å²) in [5.41, 5.74) is 7.35. The second-order valence-electron chi connectivity index (χ2n) is 12.3. The van der Waals surface area contributed by atoms with Gasteiger partial charge in [-0.3, -0.25) is 9.59 Å². The number of nitrogens with zero attached hydrogens (tertiary/aromatic N) is 3. The molecule has 2 aliphatic heterocycles. The van der Waals surface area contributed by atoms with E-state index in [0.29, 0.717) is 12.8 Å². The molecule has 3 heterocycles. The zero-order chi connectivity index (χ0) is 33.1. The zero-order valence-corrected chi connectivity index (χ0v) is 28.5. The van der Waals surface area contributed by atoms with E-state index >= 15 is 0 Å². The highest BCUT2D eigenvalue weighted by molar-refractivity contribution is 7.98. The Morgan fingerprint density at radius 2 is 1.04 bits per heavy atom. The molecule has 250 valence electrons. The molecular weight excluding hydrogens is 619 g/mol. The van der Waals surface area contributed by atoms with E-state index in [1.165, 1.54) is 4.90 Å². The molecule has 6 rings (SSSR count). The van der Waals surface area contributed by atoms with Gasteiger partial charge in [0.15, 0.2) is 0 Å². The van der Waals surface area contributed by atoms with Crippen molar-refractivity contribution in [1.82, 2.24) is 25.4 Å². The molecule has 0 radical (unpaired) electrons. The first kappa shape index (κ1) is 33.8. The number of hydrogen-bond acceptors (Lipinski definition) is 8. The van der Waals surface area contributed by atoms with Crippen LogP contribution >= 0.6 is 11.8 Å². The molecule has 9 nitrogen and oxygen atoms in total. The summed E-state index contributed by atoms with van der Waals surface area (Å²) < 4.78 is 0. The average Bonchev–Trinajstić information content (AvgIpc) is 3.14. The lowest BCUT2D eigenvalue weighted by atomic mass is 10.00. The molecule has 4 aromatic rings. The third-order valence-corrected chi connectivity index (χ3v) is 9.65. The Hall–Kier alpha value is -4.06. The van der Waals surface area contributed by atoms with Crippen molar-refractivity contribution >= 4 is 35.0 Å². The monoisotopic (exact) mass is 663 g/mol. The molecule has 10 heteroatoms. The van der Waals surface area contributed by atoms with Crippen LogP contribution in [0.1, 0.15) is 12.8 Å². The minimum atomic E-state index is 0.0246.